The van der Waals surface area contributed by atoms with Gasteiger partial charge in [0.05, 0.1) is 0 Å². The van der Waals surface area contributed by atoms with E-state index < -0.39 is 0 Å². The van der Waals surface area contributed by atoms with Crippen LogP contribution in [0.5, 0.6) is 0 Å². The van der Waals surface area contributed by atoms with Crippen molar-refractivity contribution in [2.45, 2.75) is 38.5 Å². The van der Waals surface area contributed by atoms with Crippen LogP contribution in [-0.2, 0) is 0 Å². The summed E-state index contributed by atoms with van der Waals surface area (Å²) in [7, 11) is 0. The molecule has 0 bridgehead atoms. The summed E-state index contributed by atoms with van der Waals surface area (Å²) in [6, 6.07) is 16.1. The van der Waals surface area contributed by atoms with Gasteiger partial charge in [0.2, 0.25) is 0 Å². The summed E-state index contributed by atoms with van der Waals surface area (Å²) < 4.78 is 0. The molecule has 132 valence electrons. The van der Waals surface area contributed by atoms with Crippen LogP contribution in [0.25, 0.3) is 5.57 Å². The van der Waals surface area contributed by atoms with Gasteiger partial charge in [-0.1, -0.05) is 54.6 Å². The quantitative estimate of drug-likeness (QED) is 0.571. The number of halogens is 1. The van der Waals surface area contributed by atoms with Crippen molar-refractivity contribution in [2.24, 2.45) is 5.92 Å². The Morgan fingerprint density at radius 3 is 2.12 bits per heavy atom. The zero-order valence-corrected chi connectivity index (χ0v) is 15.9. The van der Waals surface area contributed by atoms with E-state index in [-0.39, 0.29) is 5.78 Å². The first-order valence-electron chi connectivity index (χ1n) is 9.36. The molecule has 2 aliphatic carbocycles. The Morgan fingerprint density at radius 2 is 1.46 bits per heavy atom. The molecule has 26 heavy (non-hydrogen) atoms. The van der Waals surface area contributed by atoms with E-state index in [2.05, 4.69) is 25.6 Å². The zero-order valence-electron chi connectivity index (χ0n) is 15.1. The molecule has 2 heteroatoms. The van der Waals surface area contributed by atoms with E-state index in [0.29, 0.717) is 11.8 Å². The van der Waals surface area contributed by atoms with Crippen LogP contribution in [0, 0.1) is 5.92 Å². The molecule has 4 rings (SSSR count). The number of benzene rings is 2. The second kappa shape index (κ2) is 6.89. The average Bonchev–Trinajstić information content (AvgIpc) is 2.68. The van der Waals surface area contributed by atoms with Gasteiger partial charge in [-0.2, -0.15) is 0 Å². The Bertz CT molecular complexity index is 896. The van der Waals surface area contributed by atoms with Gasteiger partial charge in [-0.3, -0.25) is 4.79 Å². The third-order valence-corrected chi connectivity index (χ3v) is 6.33. The third kappa shape index (κ3) is 2.95. The highest BCUT2D eigenvalue weighted by Gasteiger charge is 2.33. The number of Topliss-reactive ketones (excluding diaryl/α,β-unsaturated/α-hetero) is 1. The van der Waals surface area contributed by atoms with Crippen LogP contribution >= 0.6 is 11.6 Å². The molecule has 0 amide bonds. The Hall–Kier alpha value is -2.12. The standard InChI is InChI=1S/C24H23ClO/c1-15-16(2)23(24(26)22-6-4-3-5-21(15)22)19-9-7-17(8-10-19)18-11-13-20(25)14-12-18/h3-6,11-14,17,19H,1,7-10H2,2H3. The number of carbonyl (C=O) groups excluding carboxylic acids is 1. The minimum absolute atomic E-state index is 0.209. The summed E-state index contributed by atoms with van der Waals surface area (Å²) in [4.78, 5) is 13.1. The molecular formula is C24H23ClO. The molecule has 0 spiro atoms. The van der Waals surface area contributed by atoms with E-state index >= 15 is 0 Å². The predicted octanol–water partition coefficient (Wildman–Crippen LogP) is 6.84. The number of rotatable bonds is 2. The largest absolute Gasteiger partial charge is 0.289 e. The van der Waals surface area contributed by atoms with Gasteiger partial charge in [0.15, 0.2) is 5.78 Å². The van der Waals surface area contributed by atoms with Gasteiger partial charge in [-0.15, -0.1) is 0 Å². The van der Waals surface area contributed by atoms with Crippen LogP contribution in [0.4, 0.5) is 0 Å². The molecule has 0 unspecified atom stereocenters. The molecule has 0 heterocycles. The summed E-state index contributed by atoms with van der Waals surface area (Å²) in [5, 5.41) is 0.785. The molecule has 1 nitrogen and oxygen atoms in total. The maximum atomic E-state index is 13.1. The lowest BCUT2D eigenvalue weighted by atomic mass is 9.70. The summed E-state index contributed by atoms with van der Waals surface area (Å²) in [6.07, 6.45) is 4.34. The van der Waals surface area contributed by atoms with Crippen molar-refractivity contribution >= 4 is 23.0 Å². The van der Waals surface area contributed by atoms with Gasteiger partial charge in [0.1, 0.15) is 0 Å². The van der Waals surface area contributed by atoms with Gasteiger partial charge in [0, 0.05) is 16.2 Å². The normalized spacial score (nSPS) is 23.2. The first-order valence-corrected chi connectivity index (χ1v) is 9.73. The number of allylic oxidation sites excluding steroid dienone is 3. The van der Waals surface area contributed by atoms with Crippen LogP contribution < -0.4 is 0 Å². The second-order valence-electron chi connectivity index (χ2n) is 7.49. The third-order valence-electron chi connectivity index (χ3n) is 6.07. The van der Waals surface area contributed by atoms with E-state index in [9.17, 15) is 4.79 Å². The van der Waals surface area contributed by atoms with Gasteiger partial charge in [-0.25, -0.2) is 0 Å². The fourth-order valence-corrected chi connectivity index (χ4v) is 4.69. The molecule has 0 saturated heterocycles. The van der Waals surface area contributed by atoms with Gasteiger partial charge in [-0.05, 0) is 78.8 Å². The van der Waals surface area contributed by atoms with E-state index in [1.54, 1.807) is 0 Å². The molecule has 2 aliphatic rings. The molecule has 1 saturated carbocycles. The molecule has 0 radical (unpaired) electrons. The van der Waals surface area contributed by atoms with Crippen LogP contribution in [0.15, 0.2) is 66.3 Å². The Labute approximate surface area is 160 Å². The lowest BCUT2D eigenvalue weighted by molar-refractivity contribution is 0.101. The van der Waals surface area contributed by atoms with E-state index in [4.69, 9.17) is 11.6 Å². The smallest absolute Gasteiger partial charge is 0.190 e. The highest BCUT2D eigenvalue weighted by molar-refractivity contribution is 6.30. The molecule has 0 aliphatic heterocycles. The molecular weight excluding hydrogens is 340 g/mol. The minimum Gasteiger partial charge on any atom is -0.289 e. The van der Waals surface area contributed by atoms with Crippen molar-refractivity contribution in [3.05, 3.63) is 88.0 Å². The van der Waals surface area contributed by atoms with Crippen LogP contribution in [-0.4, -0.2) is 5.78 Å². The summed E-state index contributed by atoms with van der Waals surface area (Å²) in [5.41, 5.74) is 6.27. The average molecular weight is 363 g/mol. The van der Waals surface area contributed by atoms with Crippen molar-refractivity contribution in [2.75, 3.05) is 0 Å². The molecule has 2 aromatic rings. The lowest BCUT2D eigenvalue weighted by Gasteiger charge is -2.33. The lowest BCUT2D eigenvalue weighted by Crippen LogP contribution is -2.24. The topological polar surface area (TPSA) is 17.1 Å². The maximum Gasteiger partial charge on any atom is 0.190 e. The zero-order chi connectivity index (χ0) is 18.3. The predicted molar refractivity (Wildman–Crippen MR) is 109 cm³/mol. The van der Waals surface area contributed by atoms with E-state index in [1.165, 1.54) is 5.56 Å². The highest BCUT2D eigenvalue weighted by Crippen LogP contribution is 2.44. The molecule has 1 fully saturated rings. The Morgan fingerprint density at radius 1 is 0.885 bits per heavy atom. The van der Waals surface area contributed by atoms with Crippen LogP contribution in [0.1, 0.15) is 60.0 Å². The fourth-order valence-electron chi connectivity index (χ4n) is 4.57. The van der Waals surface area contributed by atoms with Gasteiger partial charge in [0.25, 0.3) is 0 Å². The Balaban J connectivity index is 1.56. The monoisotopic (exact) mass is 362 g/mol. The number of fused-ring (bicyclic) bond motifs is 1. The molecule has 0 atom stereocenters. The van der Waals surface area contributed by atoms with Crippen LogP contribution in [0.2, 0.25) is 5.02 Å². The van der Waals surface area contributed by atoms with Gasteiger partial charge >= 0.3 is 0 Å². The summed E-state index contributed by atoms with van der Waals surface area (Å²) in [5.74, 6) is 1.12. The van der Waals surface area contributed by atoms with Gasteiger partial charge < -0.3 is 0 Å². The first-order chi connectivity index (χ1) is 12.6. The first kappa shape index (κ1) is 17.3. The molecule has 2 aromatic carbocycles. The van der Waals surface area contributed by atoms with Crippen molar-refractivity contribution in [1.29, 1.82) is 0 Å². The molecule has 0 aromatic heterocycles. The molecule has 0 N–H and O–H groups in total. The van der Waals surface area contributed by atoms with Crippen molar-refractivity contribution < 1.29 is 4.79 Å². The highest BCUT2D eigenvalue weighted by atomic mass is 35.5. The number of carbonyl (C=O) groups is 1. The van der Waals surface area contributed by atoms with E-state index in [0.717, 1.165) is 58.6 Å². The second-order valence-corrected chi connectivity index (χ2v) is 7.93. The Kier molecular flexibility index (Phi) is 4.58. The maximum absolute atomic E-state index is 13.1. The van der Waals surface area contributed by atoms with E-state index in [1.807, 2.05) is 36.4 Å². The summed E-state index contributed by atoms with van der Waals surface area (Å²) >= 11 is 6.01. The van der Waals surface area contributed by atoms with Crippen molar-refractivity contribution in [3.8, 4) is 0 Å². The van der Waals surface area contributed by atoms with Crippen LogP contribution in [0.3, 0.4) is 0 Å². The van der Waals surface area contributed by atoms with Crippen molar-refractivity contribution in [1.82, 2.24) is 0 Å². The fraction of sp³-hybridized carbons (Fsp3) is 0.292. The number of ketones is 1. The van der Waals surface area contributed by atoms with Crippen molar-refractivity contribution in [3.63, 3.8) is 0 Å². The number of hydrogen-bond acceptors (Lipinski definition) is 1. The number of hydrogen-bond donors (Lipinski definition) is 0. The SMILES string of the molecule is C=C1C(C)=C(C2CCC(c3ccc(Cl)cc3)CC2)C(=O)c2ccccc21. The minimum atomic E-state index is 0.209. The summed E-state index contributed by atoms with van der Waals surface area (Å²) in [6.45, 7) is 6.33.